The number of hydrogen-bond acceptors (Lipinski definition) is 3. The molecule has 1 aromatic rings. The summed E-state index contributed by atoms with van der Waals surface area (Å²) < 4.78 is 22.7. The van der Waals surface area contributed by atoms with Crippen LogP contribution in [-0.2, 0) is 10.0 Å². The minimum absolute atomic E-state index is 0.187. The van der Waals surface area contributed by atoms with Crippen LogP contribution in [-0.4, -0.2) is 15.0 Å². The first-order valence-corrected chi connectivity index (χ1v) is 7.23. The maximum Gasteiger partial charge on any atom is 0.238 e. The largest absolute Gasteiger partial charge is 0.385 e. The third-order valence-corrected chi connectivity index (χ3v) is 3.68. The molecule has 0 aliphatic heterocycles. The van der Waals surface area contributed by atoms with Crippen LogP contribution in [0.2, 0.25) is 0 Å². The Bertz CT molecular complexity index is 481. The van der Waals surface area contributed by atoms with Gasteiger partial charge >= 0.3 is 0 Å². The first-order chi connectivity index (χ1) is 7.82. The molecule has 0 fully saturated rings. The topological polar surface area (TPSA) is 72.2 Å². The number of benzene rings is 1. The standard InChI is InChI=1S/C12H20N2O2S/c1-9(2)7-8-14-11-5-4-6-12(10(11)3)17(13,15)16/h4-6,9,14H,7-8H2,1-3H3,(H2,13,15,16). The Balaban J connectivity index is 2.88. The molecule has 0 heterocycles. The third kappa shape index (κ3) is 4.02. The lowest BCUT2D eigenvalue weighted by Crippen LogP contribution is -2.15. The van der Waals surface area contributed by atoms with Crippen LogP contribution in [0.25, 0.3) is 0 Å². The highest BCUT2D eigenvalue weighted by Crippen LogP contribution is 2.22. The van der Waals surface area contributed by atoms with Crippen molar-refractivity contribution in [2.75, 3.05) is 11.9 Å². The molecule has 96 valence electrons. The summed E-state index contributed by atoms with van der Waals surface area (Å²) in [5.74, 6) is 0.615. The number of rotatable bonds is 5. The monoisotopic (exact) mass is 256 g/mol. The van der Waals surface area contributed by atoms with Gasteiger partial charge < -0.3 is 5.32 Å². The highest BCUT2D eigenvalue weighted by atomic mass is 32.2. The fourth-order valence-corrected chi connectivity index (χ4v) is 2.41. The lowest BCUT2D eigenvalue weighted by molar-refractivity contribution is 0.597. The second-order valence-electron chi connectivity index (χ2n) is 4.58. The van der Waals surface area contributed by atoms with Gasteiger partial charge in [0.1, 0.15) is 0 Å². The van der Waals surface area contributed by atoms with Crippen molar-refractivity contribution < 1.29 is 8.42 Å². The molecule has 0 saturated carbocycles. The molecular formula is C12H20N2O2S. The Morgan fingerprint density at radius 1 is 1.35 bits per heavy atom. The minimum Gasteiger partial charge on any atom is -0.385 e. The molecule has 0 aliphatic rings. The van der Waals surface area contributed by atoms with Gasteiger partial charge in [-0.3, -0.25) is 0 Å². The zero-order chi connectivity index (χ0) is 13.1. The second-order valence-corrected chi connectivity index (χ2v) is 6.11. The fourth-order valence-electron chi connectivity index (χ4n) is 1.61. The Morgan fingerprint density at radius 2 is 2.00 bits per heavy atom. The first-order valence-electron chi connectivity index (χ1n) is 5.68. The first kappa shape index (κ1) is 14.0. The molecule has 0 amide bonds. The summed E-state index contributed by atoms with van der Waals surface area (Å²) in [6.45, 7) is 6.88. The van der Waals surface area contributed by atoms with Gasteiger partial charge in [-0.25, -0.2) is 13.6 Å². The van der Waals surface area contributed by atoms with Crippen molar-refractivity contribution in [1.82, 2.24) is 0 Å². The van der Waals surface area contributed by atoms with Gasteiger partial charge in [-0.15, -0.1) is 0 Å². The summed E-state index contributed by atoms with van der Waals surface area (Å²) >= 11 is 0. The van der Waals surface area contributed by atoms with Crippen LogP contribution >= 0.6 is 0 Å². The van der Waals surface area contributed by atoms with E-state index in [2.05, 4.69) is 19.2 Å². The van der Waals surface area contributed by atoms with Crippen LogP contribution in [0.3, 0.4) is 0 Å². The minimum atomic E-state index is -3.64. The van der Waals surface area contributed by atoms with Crippen molar-refractivity contribution in [3.05, 3.63) is 23.8 Å². The highest BCUT2D eigenvalue weighted by Gasteiger charge is 2.13. The van der Waals surface area contributed by atoms with Crippen LogP contribution in [0.5, 0.6) is 0 Å². The summed E-state index contributed by atoms with van der Waals surface area (Å²) in [7, 11) is -3.64. The average Bonchev–Trinajstić information content (AvgIpc) is 2.18. The smallest absolute Gasteiger partial charge is 0.238 e. The number of primary sulfonamides is 1. The molecule has 0 atom stereocenters. The molecule has 4 nitrogen and oxygen atoms in total. The molecule has 17 heavy (non-hydrogen) atoms. The normalized spacial score (nSPS) is 11.8. The van der Waals surface area contributed by atoms with E-state index in [0.717, 1.165) is 18.7 Å². The molecule has 0 bridgehead atoms. The van der Waals surface area contributed by atoms with Gasteiger partial charge in [0, 0.05) is 12.2 Å². The van der Waals surface area contributed by atoms with E-state index in [1.807, 2.05) is 6.07 Å². The highest BCUT2D eigenvalue weighted by molar-refractivity contribution is 7.89. The van der Waals surface area contributed by atoms with Crippen LogP contribution < -0.4 is 10.5 Å². The summed E-state index contributed by atoms with van der Waals surface area (Å²) in [5, 5.41) is 8.38. The van der Waals surface area contributed by atoms with Gasteiger partial charge in [-0.2, -0.15) is 0 Å². The molecule has 0 saturated heterocycles. The van der Waals surface area contributed by atoms with E-state index in [-0.39, 0.29) is 4.90 Å². The molecule has 0 aliphatic carbocycles. The van der Waals surface area contributed by atoms with Crippen molar-refractivity contribution in [1.29, 1.82) is 0 Å². The Hall–Kier alpha value is -1.07. The molecule has 1 aromatic carbocycles. The molecule has 0 radical (unpaired) electrons. The predicted octanol–water partition coefficient (Wildman–Crippen LogP) is 2.10. The van der Waals surface area contributed by atoms with E-state index in [0.29, 0.717) is 11.5 Å². The lowest BCUT2D eigenvalue weighted by atomic mass is 10.1. The number of sulfonamides is 1. The van der Waals surface area contributed by atoms with Crippen molar-refractivity contribution in [3.8, 4) is 0 Å². The van der Waals surface area contributed by atoms with Gasteiger partial charge in [0.2, 0.25) is 10.0 Å². The van der Waals surface area contributed by atoms with Crippen molar-refractivity contribution in [2.24, 2.45) is 11.1 Å². The van der Waals surface area contributed by atoms with Crippen LogP contribution in [0.4, 0.5) is 5.69 Å². The molecule has 0 unspecified atom stereocenters. The zero-order valence-corrected chi connectivity index (χ0v) is 11.3. The van der Waals surface area contributed by atoms with Gasteiger partial charge in [-0.1, -0.05) is 19.9 Å². The maximum atomic E-state index is 11.3. The van der Waals surface area contributed by atoms with Crippen molar-refractivity contribution in [2.45, 2.75) is 32.1 Å². The number of hydrogen-bond donors (Lipinski definition) is 2. The summed E-state index contributed by atoms with van der Waals surface area (Å²) in [6.07, 6.45) is 1.04. The van der Waals surface area contributed by atoms with E-state index in [1.165, 1.54) is 6.07 Å². The Kier molecular flexibility index (Phi) is 4.54. The molecule has 1 rings (SSSR count). The maximum absolute atomic E-state index is 11.3. The predicted molar refractivity (Wildman–Crippen MR) is 70.5 cm³/mol. The number of nitrogens with two attached hydrogens (primary N) is 1. The molecule has 5 heteroatoms. The summed E-state index contributed by atoms with van der Waals surface area (Å²) in [6, 6.07) is 5.09. The van der Waals surface area contributed by atoms with Crippen LogP contribution in [0.15, 0.2) is 23.1 Å². The van der Waals surface area contributed by atoms with Crippen LogP contribution in [0, 0.1) is 12.8 Å². The molecule has 3 N–H and O–H groups in total. The van der Waals surface area contributed by atoms with Gasteiger partial charge in [0.15, 0.2) is 0 Å². The van der Waals surface area contributed by atoms with Gasteiger partial charge in [0.05, 0.1) is 4.90 Å². The van der Waals surface area contributed by atoms with E-state index >= 15 is 0 Å². The Labute approximate surface area is 103 Å². The fraction of sp³-hybridized carbons (Fsp3) is 0.500. The SMILES string of the molecule is Cc1c(NCCC(C)C)cccc1S(N)(=O)=O. The van der Waals surface area contributed by atoms with Crippen molar-refractivity contribution in [3.63, 3.8) is 0 Å². The average molecular weight is 256 g/mol. The van der Waals surface area contributed by atoms with E-state index < -0.39 is 10.0 Å². The zero-order valence-electron chi connectivity index (χ0n) is 10.5. The quantitative estimate of drug-likeness (QED) is 0.847. The number of anilines is 1. The lowest BCUT2D eigenvalue weighted by Gasteiger charge is -2.13. The van der Waals surface area contributed by atoms with Gasteiger partial charge in [-0.05, 0) is 37.0 Å². The van der Waals surface area contributed by atoms with E-state index in [4.69, 9.17) is 5.14 Å². The second kappa shape index (κ2) is 5.51. The third-order valence-electron chi connectivity index (χ3n) is 2.63. The summed E-state index contributed by atoms with van der Waals surface area (Å²) in [5.41, 5.74) is 1.51. The van der Waals surface area contributed by atoms with E-state index in [9.17, 15) is 8.42 Å². The molecular weight excluding hydrogens is 236 g/mol. The summed E-state index contributed by atoms with van der Waals surface area (Å²) in [4.78, 5) is 0.187. The van der Waals surface area contributed by atoms with Crippen molar-refractivity contribution >= 4 is 15.7 Å². The van der Waals surface area contributed by atoms with Gasteiger partial charge in [0.25, 0.3) is 0 Å². The Morgan fingerprint density at radius 3 is 2.53 bits per heavy atom. The molecule has 0 aromatic heterocycles. The van der Waals surface area contributed by atoms with E-state index in [1.54, 1.807) is 13.0 Å². The molecule has 0 spiro atoms. The number of nitrogens with one attached hydrogen (secondary N) is 1. The van der Waals surface area contributed by atoms with Crippen LogP contribution in [0.1, 0.15) is 25.8 Å².